The van der Waals surface area contributed by atoms with E-state index in [1.807, 2.05) is 0 Å². The second-order valence-electron chi connectivity index (χ2n) is 0.500. The van der Waals surface area contributed by atoms with Crippen LogP contribution in [0.5, 0.6) is 0 Å². The van der Waals surface area contributed by atoms with Gasteiger partial charge in [0.05, 0.1) is 0 Å². The number of hydrogen-bond acceptors (Lipinski definition) is 4. The van der Waals surface area contributed by atoms with E-state index in [-0.39, 0.29) is 22.3 Å². The van der Waals surface area contributed by atoms with Crippen LogP contribution in [0.15, 0.2) is 0 Å². The van der Waals surface area contributed by atoms with Gasteiger partial charge < -0.3 is 33.7 Å². The maximum absolute atomic E-state index is 8.58. The van der Waals surface area contributed by atoms with Gasteiger partial charge in [0.2, 0.25) is 0 Å². The summed E-state index contributed by atoms with van der Waals surface area (Å²) in [5.41, 5.74) is 0. The van der Waals surface area contributed by atoms with Gasteiger partial charge in [0, 0.05) is 16.8 Å². The van der Waals surface area contributed by atoms with Crippen LogP contribution in [0.1, 0.15) is 0 Å². The van der Waals surface area contributed by atoms with Crippen molar-refractivity contribution in [2.75, 3.05) is 0 Å². The molecule has 0 fully saturated rings. The van der Waals surface area contributed by atoms with Crippen molar-refractivity contribution in [3.8, 4) is 0 Å². The van der Waals surface area contributed by atoms with Gasteiger partial charge >= 0.3 is 0 Å². The van der Waals surface area contributed by atoms with Gasteiger partial charge in [-0.05, 0) is 0 Å². The Bertz CT molecular complexity index is 23.6. The fourth-order valence-electron chi connectivity index (χ4n) is 0. The third-order valence-corrected chi connectivity index (χ3v) is 0. The van der Waals surface area contributed by atoms with E-state index in [9.17, 15) is 0 Å². The maximum atomic E-state index is 8.58. The molecule has 7 heteroatoms. The molecule has 0 aromatic carbocycles. The molecule has 0 spiro atoms. The van der Waals surface area contributed by atoms with Gasteiger partial charge in [0.1, 0.15) is 0 Å². The normalized spacial score (nSPS) is 8.57. The first kappa shape index (κ1) is 15.6. The summed E-state index contributed by atoms with van der Waals surface area (Å²) in [6.07, 6.45) is 0. The molecule has 1 radical (unpaired) electrons. The molecule has 0 aliphatic rings. The molecule has 0 saturated heterocycles. The molecule has 0 aromatic heterocycles. The Balaban J connectivity index is -0.0000000800. The molecule has 0 aromatic rings. The largest absolute Gasteiger partial charge is 0.894 e. The molecule has 7 heavy (non-hydrogen) atoms. The molecular weight excluding hydrogens is 167 g/mol. The van der Waals surface area contributed by atoms with Gasteiger partial charge in [0.15, 0.2) is 0 Å². The van der Waals surface area contributed by atoms with Crippen LogP contribution >= 0.6 is 0 Å². The predicted octanol–water partition coefficient (Wildman–Crippen LogP) is -5.96. The van der Waals surface area contributed by atoms with Crippen molar-refractivity contribution in [1.82, 2.24) is 0 Å². The minimum atomic E-state index is -5.61. The van der Waals surface area contributed by atoms with Gasteiger partial charge in [-0.2, -0.15) is 0 Å². The van der Waals surface area contributed by atoms with E-state index >= 15 is 0 Å². The Kier molecular flexibility index (Phi) is 10.5. The van der Waals surface area contributed by atoms with Crippen molar-refractivity contribution in [2.45, 2.75) is 0 Å². The molecule has 0 rings (SSSR count). The number of rotatable bonds is 0. The van der Waals surface area contributed by atoms with Crippen molar-refractivity contribution in [1.29, 1.82) is 0 Å². The Hall–Kier alpha value is 0.523. The zero-order valence-electron chi connectivity index (χ0n) is 2.97. The van der Waals surface area contributed by atoms with Crippen molar-refractivity contribution >= 4 is 9.05 Å². The Labute approximate surface area is 51.2 Å². The predicted molar refractivity (Wildman–Crippen MR) is 9.37 cm³/mol. The van der Waals surface area contributed by atoms with E-state index < -0.39 is 9.05 Å². The molecule has 0 bridgehead atoms. The summed E-state index contributed by atoms with van der Waals surface area (Å²) in [4.78, 5) is 34.3. The summed E-state index contributed by atoms with van der Waals surface area (Å²) in [6.45, 7) is 0. The minimum Gasteiger partial charge on any atom is -0.894 e. The average Bonchev–Trinajstić information content (AvgIpc) is 0.722. The summed E-state index contributed by atoms with van der Waals surface area (Å²) in [5.74, 6) is 0. The summed E-state index contributed by atoms with van der Waals surface area (Å²) in [7, 11) is -5.61. The van der Waals surface area contributed by atoms with Gasteiger partial charge in [0.25, 0.3) is 0 Å². The third-order valence-electron chi connectivity index (χ3n) is 0. The van der Waals surface area contributed by atoms with Crippen molar-refractivity contribution in [3.05, 3.63) is 0 Å². The molecule has 0 aliphatic carbocycles. The van der Waals surface area contributed by atoms with Crippen LogP contribution in [-0.2, 0) is 16.8 Å². The fourth-order valence-corrected chi connectivity index (χ4v) is 0. The van der Waals surface area contributed by atoms with Crippen LogP contribution in [0.3, 0.4) is 0 Å². The molecule has 0 amide bonds. The molecular formula is H2CoO5Si-4. The first-order chi connectivity index (χ1) is 2.00. The fraction of sp³-hybridized carbons (Fsp3) is 0. The van der Waals surface area contributed by atoms with Gasteiger partial charge in [-0.25, -0.2) is 0 Å². The van der Waals surface area contributed by atoms with Crippen LogP contribution in [0.2, 0.25) is 0 Å². The first-order valence-corrected chi connectivity index (χ1v) is 2.45. The zero-order valence-corrected chi connectivity index (χ0v) is 5.01. The van der Waals surface area contributed by atoms with E-state index in [4.69, 9.17) is 19.2 Å². The van der Waals surface area contributed by atoms with Crippen LogP contribution in [-0.4, -0.2) is 14.5 Å². The smallest absolute Gasteiger partial charge is 0 e. The third kappa shape index (κ3) is 487. The van der Waals surface area contributed by atoms with E-state index in [1.165, 1.54) is 0 Å². The Morgan fingerprint density at radius 2 is 0.857 bits per heavy atom. The van der Waals surface area contributed by atoms with Crippen LogP contribution in [0, 0.1) is 0 Å². The molecule has 0 saturated carbocycles. The molecule has 0 aliphatic heterocycles. The molecule has 0 atom stereocenters. The van der Waals surface area contributed by atoms with Crippen molar-refractivity contribution < 1.29 is 41.4 Å². The molecule has 0 unspecified atom stereocenters. The Morgan fingerprint density at radius 3 is 0.857 bits per heavy atom. The van der Waals surface area contributed by atoms with Crippen LogP contribution in [0.4, 0.5) is 0 Å². The van der Waals surface area contributed by atoms with E-state index in [0.717, 1.165) is 0 Å². The second kappa shape index (κ2) is 4.68. The quantitative estimate of drug-likeness (QED) is 0.334. The molecule has 0 heterocycles. The monoisotopic (exact) mass is 169 g/mol. The standard InChI is InChI=1S/Co.O4Si.H2O/c;1-5(2,3)4;/h;;1H2/q;-4;. The first-order valence-electron chi connectivity index (χ1n) is 0.816. The van der Waals surface area contributed by atoms with Gasteiger partial charge in [-0.1, -0.05) is 0 Å². The van der Waals surface area contributed by atoms with Crippen LogP contribution < -0.4 is 19.2 Å². The van der Waals surface area contributed by atoms with E-state index in [2.05, 4.69) is 0 Å². The zero-order chi connectivity index (χ0) is 4.50. The molecule has 5 nitrogen and oxygen atoms in total. The summed E-state index contributed by atoms with van der Waals surface area (Å²) >= 11 is 0. The van der Waals surface area contributed by atoms with E-state index in [1.54, 1.807) is 0 Å². The second-order valence-corrected chi connectivity index (χ2v) is 1.50. The summed E-state index contributed by atoms with van der Waals surface area (Å²) in [6, 6.07) is 0. The average molecular weight is 169 g/mol. The molecule has 2 N–H and O–H groups in total. The Morgan fingerprint density at radius 1 is 0.857 bits per heavy atom. The SMILES string of the molecule is O.[Co].[O-][Si]([O-])([O-])[O-]. The van der Waals surface area contributed by atoms with Crippen LogP contribution in [0.25, 0.3) is 0 Å². The van der Waals surface area contributed by atoms with Gasteiger partial charge in [-0.3, -0.25) is 0 Å². The summed E-state index contributed by atoms with van der Waals surface area (Å²) in [5, 5.41) is 0. The summed E-state index contributed by atoms with van der Waals surface area (Å²) < 4.78 is 0. The van der Waals surface area contributed by atoms with Crippen molar-refractivity contribution in [3.63, 3.8) is 0 Å². The molecule has 49 valence electrons. The van der Waals surface area contributed by atoms with Gasteiger partial charge in [-0.15, -0.1) is 0 Å². The van der Waals surface area contributed by atoms with E-state index in [0.29, 0.717) is 0 Å². The topological polar surface area (TPSA) is 124 Å². The number of hydrogen-bond donors (Lipinski definition) is 0. The van der Waals surface area contributed by atoms with Crippen molar-refractivity contribution in [2.24, 2.45) is 0 Å². The minimum absolute atomic E-state index is 0. The maximum Gasteiger partial charge on any atom is 0 e.